The van der Waals surface area contributed by atoms with Crippen molar-refractivity contribution in [2.75, 3.05) is 11.6 Å². The van der Waals surface area contributed by atoms with Gasteiger partial charge in [-0.25, -0.2) is 9.97 Å². The Morgan fingerprint density at radius 3 is 3.00 bits per heavy atom. The van der Waals surface area contributed by atoms with Crippen molar-refractivity contribution >= 4 is 33.5 Å². The monoisotopic (exact) mass is 329 g/mol. The minimum Gasteiger partial charge on any atom is -0.366 e. The van der Waals surface area contributed by atoms with Crippen LogP contribution in [0.3, 0.4) is 0 Å². The Labute approximate surface area is 122 Å². The zero-order valence-corrected chi connectivity index (χ0v) is 13.4. The smallest absolute Gasteiger partial charge is 0.132 e. The van der Waals surface area contributed by atoms with Gasteiger partial charge in [-0.1, -0.05) is 13.3 Å². The molecule has 1 heterocycles. The van der Waals surface area contributed by atoms with Gasteiger partial charge in [0, 0.05) is 23.8 Å². The largest absolute Gasteiger partial charge is 0.366 e. The van der Waals surface area contributed by atoms with Crippen LogP contribution in [0.2, 0.25) is 0 Å². The Hall–Kier alpha value is -0.290. The molecule has 0 aromatic carbocycles. The maximum absolute atomic E-state index is 4.59. The van der Waals surface area contributed by atoms with E-state index in [1.807, 2.05) is 17.8 Å². The minimum absolute atomic E-state index is 0.552. The molecule has 1 aromatic rings. The lowest BCUT2D eigenvalue weighted by Gasteiger charge is -2.20. The molecular formula is C13H20BrN3S. The fourth-order valence-corrected chi connectivity index (χ4v) is 3.79. The summed E-state index contributed by atoms with van der Waals surface area (Å²) in [5.74, 6) is 1.89. The van der Waals surface area contributed by atoms with Crippen molar-refractivity contribution in [3.05, 3.63) is 16.5 Å². The van der Waals surface area contributed by atoms with Crippen LogP contribution < -0.4 is 5.32 Å². The first-order chi connectivity index (χ1) is 8.72. The highest BCUT2D eigenvalue weighted by Gasteiger charge is 2.26. The van der Waals surface area contributed by atoms with Gasteiger partial charge in [0.25, 0.3) is 0 Å². The number of anilines is 1. The van der Waals surface area contributed by atoms with Gasteiger partial charge < -0.3 is 5.32 Å². The summed E-state index contributed by atoms with van der Waals surface area (Å²) in [5.41, 5.74) is 0. The lowest BCUT2D eigenvalue weighted by Crippen LogP contribution is -2.26. The number of aryl methyl sites for hydroxylation is 1. The number of hydrogen-bond acceptors (Lipinski definition) is 4. The highest BCUT2D eigenvalue weighted by Crippen LogP contribution is 2.30. The minimum atomic E-state index is 0.552. The third kappa shape index (κ3) is 3.60. The first-order valence-corrected chi connectivity index (χ1v) is 8.63. The van der Waals surface area contributed by atoms with E-state index in [1.54, 1.807) is 0 Å². The molecule has 5 heteroatoms. The first kappa shape index (κ1) is 14.1. The van der Waals surface area contributed by atoms with Gasteiger partial charge in [-0.2, -0.15) is 11.8 Å². The number of thioether (sulfide) groups is 1. The molecule has 0 amide bonds. The number of aromatic nitrogens is 2. The lowest BCUT2D eigenvalue weighted by molar-refractivity contribution is 0.754. The maximum atomic E-state index is 4.59. The topological polar surface area (TPSA) is 37.8 Å². The molecule has 0 spiro atoms. The van der Waals surface area contributed by atoms with E-state index >= 15 is 0 Å². The second-order valence-electron chi connectivity index (χ2n) is 4.70. The third-order valence-electron chi connectivity index (χ3n) is 3.30. The zero-order valence-electron chi connectivity index (χ0n) is 10.9. The Kier molecular flexibility index (Phi) is 5.30. The third-order valence-corrected chi connectivity index (χ3v) is 4.88. The Balaban J connectivity index is 2.08. The van der Waals surface area contributed by atoms with E-state index in [0.29, 0.717) is 11.3 Å². The molecule has 18 heavy (non-hydrogen) atoms. The van der Waals surface area contributed by atoms with Crippen molar-refractivity contribution in [1.29, 1.82) is 0 Å². The van der Waals surface area contributed by atoms with Crippen LogP contribution in [0.1, 0.15) is 38.4 Å². The summed E-state index contributed by atoms with van der Waals surface area (Å²) < 4.78 is 0.877. The highest BCUT2D eigenvalue weighted by molar-refractivity contribution is 9.10. The molecule has 1 aliphatic rings. The molecule has 100 valence electrons. The fraction of sp³-hybridized carbons (Fsp3) is 0.692. The van der Waals surface area contributed by atoms with E-state index < -0.39 is 0 Å². The number of hydrogen-bond donors (Lipinski definition) is 1. The number of halogens is 1. The molecule has 0 bridgehead atoms. The van der Waals surface area contributed by atoms with Crippen LogP contribution in [-0.4, -0.2) is 27.5 Å². The SMILES string of the molecule is CCCc1nc(Br)cc(NC2CCCC2SC)n1. The molecule has 0 saturated heterocycles. The summed E-state index contributed by atoms with van der Waals surface area (Å²) in [6.45, 7) is 2.15. The second-order valence-corrected chi connectivity index (χ2v) is 6.59. The number of rotatable bonds is 5. The van der Waals surface area contributed by atoms with E-state index in [0.717, 1.165) is 29.1 Å². The molecule has 1 saturated carbocycles. The van der Waals surface area contributed by atoms with Crippen LogP contribution in [0.4, 0.5) is 5.82 Å². The van der Waals surface area contributed by atoms with Gasteiger partial charge in [-0.3, -0.25) is 0 Å². The summed E-state index contributed by atoms with van der Waals surface area (Å²) >= 11 is 5.43. The van der Waals surface area contributed by atoms with Gasteiger partial charge >= 0.3 is 0 Å². The average Bonchev–Trinajstić information content (AvgIpc) is 2.76. The van der Waals surface area contributed by atoms with Gasteiger partial charge in [0.15, 0.2) is 0 Å². The van der Waals surface area contributed by atoms with E-state index in [9.17, 15) is 0 Å². The Morgan fingerprint density at radius 2 is 2.28 bits per heavy atom. The fourth-order valence-electron chi connectivity index (χ4n) is 2.44. The molecule has 2 rings (SSSR count). The van der Waals surface area contributed by atoms with Crippen LogP contribution >= 0.6 is 27.7 Å². The van der Waals surface area contributed by atoms with E-state index in [1.165, 1.54) is 19.3 Å². The van der Waals surface area contributed by atoms with Crippen molar-refractivity contribution in [3.8, 4) is 0 Å². The van der Waals surface area contributed by atoms with Crippen molar-refractivity contribution in [1.82, 2.24) is 9.97 Å². The average molecular weight is 330 g/mol. The highest BCUT2D eigenvalue weighted by atomic mass is 79.9. The molecule has 1 aliphatic carbocycles. The van der Waals surface area contributed by atoms with Gasteiger partial charge in [-0.05, 0) is 41.4 Å². The lowest BCUT2D eigenvalue weighted by atomic mass is 10.2. The molecule has 1 aromatic heterocycles. The summed E-state index contributed by atoms with van der Waals surface area (Å²) in [7, 11) is 0. The van der Waals surface area contributed by atoms with Crippen LogP contribution in [0.25, 0.3) is 0 Å². The van der Waals surface area contributed by atoms with Crippen LogP contribution in [0.5, 0.6) is 0 Å². The normalized spacial score (nSPS) is 23.3. The van der Waals surface area contributed by atoms with E-state index in [2.05, 4.69) is 44.4 Å². The van der Waals surface area contributed by atoms with Crippen molar-refractivity contribution < 1.29 is 0 Å². The van der Waals surface area contributed by atoms with Gasteiger partial charge in [0.2, 0.25) is 0 Å². The predicted molar refractivity (Wildman–Crippen MR) is 82.3 cm³/mol. The van der Waals surface area contributed by atoms with Gasteiger partial charge in [0.1, 0.15) is 16.2 Å². The van der Waals surface area contributed by atoms with Gasteiger partial charge in [0.05, 0.1) is 0 Å². The summed E-state index contributed by atoms with van der Waals surface area (Å²) in [6, 6.07) is 2.53. The number of nitrogens with one attached hydrogen (secondary N) is 1. The molecule has 1 fully saturated rings. The second kappa shape index (κ2) is 6.75. The molecule has 1 N–H and O–H groups in total. The van der Waals surface area contributed by atoms with Crippen LogP contribution in [-0.2, 0) is 6.42 Å². The van der Waals surface area contributed by atoms with Crippen LogP contribution in [0, 0.1) is 0 Å². The molecule has 2 atom stereocenters. The molecular weight excluding hydrogens is 310 g/mol. The van der Waals surface area contributed by atoms with E-state index in [-0.39, 0.29) is 0 Å². The van der Waals surface area contributed by atoms with Crippen molar-refractivity contribution in [3.63, 3.8) is 0 Å². The zero-order chi connectivity index (χ0) is 13.0. The predicted octanol–water partition coefficient (Wildman–Crippen LogP) is 3.89. The van der Waals surface area contributed by atoms with Crippen LogP contribution in [0.15, 0.2) is 10.7 Å². The van der Waals surface area contributed by atoms with Crippen molar-refractivity contribution in [2.45, 2.75) is 50.3 Å². The standard InChI is InChI=1S/C13H20BrN3S/c1-3-5-12-16-11(14)8-13(17-12)15-9-6-4-7-10(9)18-2/h8-10H,3-7H2,1-2H3,(H,15,16,17). The molecule has 0 radical (unpaired) electrons. The quantitative estimate of drug-likeness (QED) is 0.831. The Morgan fingerprint density at radius 1 is 1.44 bits per heavy atom. The van der Waals surface area contributed by atoms with Gasteiger partial charge in [-0.15, -0.1) is 0 Å². The summed E-state index contributed by atoms with van der Waals surface area (Å²) in [5, 5.41) is 4.30. The summed E-state index contributed by atoms with van der Waals surface area (Å²) in [6.07, 6.45) is 8.08. The van der Waals surface area contributed by atoms with E-state index in [4.69, 9.17) is 0 Å². The molecule has 3 nitrogen and oxygen atoms in total. The first-order valence-electron chi connectivity index (χ1n) is 6.55. The maximum Gasteiger partial charge on any atom is 0.132 e. The molecule has 0 aliphatic heterocycles. The Bertz CT molecular complexity index is 400. The summed E-state index contributed by atoms with van der Waals surface area (Å²) in [4.78, 5) is 8.99. The number of nitrogens with zero attached hydrogens (tertiary/aromatic N) is 2. The molecule has 2 unspecified atom stereocenters. The van der Waals surface area contributed by atoms with Crippen molar-refractivity contribution in [2.24, 2.45) is 0 Å².